The largest absolute Gasteiger partial charge is 0.416 e. The minimum atomic E-state index is -0.250. The van der Waals surface area contributed by atoms with Crippen LogP contribution in [0.4, 0.5) is 0 Å². The smallest absolute Gasteiger partial charge is 0.277 e. The van der Waals surface area contributed by atoms with E-state index in [2.05, 4.69) is 15.2 Å². The summed E-state index contributed by atoms with van der Waals surface area (Å²) in [4.78, 5) is 17.7. The lowest BCUT2D eigenvalue weighted by Crippen LogP contribution is -2.29. The second-order valence-electron chi connectivity index (χ2n) is 4.49. The maximum Gasteiger partial charge on any atom is 0.277 e. The van der Waals surface area contributed by atoms with Crippen molar-refractivity contribution in [2.24, 2.45) is 0 Å². The number of thiazole rings is 1. The van der Waals surface area contributed by atoms with E-state index in [9.17, 15) is 4.79 Å². The fourth-order valence-corrected chi connectivity index (χ4v) is 3.03. The average molecular weight is 312 g/mol. The number of thioether (sulfide) groups is 1. The van der Waals surface area contributed by atoms with E-state index in [-0.39, 0.29) is 11.2 Å². The molecule has 0 radical (unpaired) electrons. The maximum atomic E-state index is 11.8. The molecule has 8 heteroatoms. The molecule has 1 atom stereocenters. The molecule has 2 aromatic heterocycles. The molecule has 0 N–H and O–H groups in total. The summed E-state index contributed by atoms with van der Waals surface area (Å²) in [7, 11) is 3.45. The Bertz CT molecular complexity index is 594. The Balaban J connectivity index is 1.97. The van der Waals surface area contributed by atoms with Crippen molar-refractivity contribution in [3.63, 3.8) is 0 Å². The summed E-state index contributed by atoms with van der Waals surface area (Å²) in [5.41, 5.74) is 0.921. The summed E-state index contributed by atoms with van der Waals surface area (Å²) in [5, 5.41) is 11.1. The van der Waals surface area contributed by atoms with Gasteiger partial charge in [0.15, 0.2) is 0 Å². The van der Waals surface area contributed by atoms with E-state index < -0.39 is 0 Å². The summed E-state index contributed by atoms with van der Waals surface area (Å²) in [6, 6.07) is 0. The van der Waals surface area contributed by atoms with Crippen LogP contribution in [0.5, 0.6) is 0 Å². The minimum Gasteiger partial charge on any atom is -0.416 e. The number of rotatable bonds is 5. The predicted octanol–water partition coefficient (Wildman–Crippen LogP) is 1.99. The third-order valence-electron chi connectivity index (χ3n) is 2.51. The van der Waals surface area contributed by atoms with E-state index in [1.807, 2.05) is 19.2 Å². The van der Waals surface area contributed by atoms with Crippen molar-refractivity contribution in [1.82, 2.24) is 20.1 Å². The van der Waals surface area contributed by atoms with Crippen LogP contribution in [0.1, 0.15) is 23.5 Å². The van der Waals surface area contributed by atoms with E-state index in [0.717, 1.165) is 10.7 Å². The van der Waals surface area contributed by atoms with E-state index in [4.69, 9.17) is 4.42 Å². The zero-order valence-corrected chi connectivity index (χ0v) is 13.4. The number of aryl methyl sites for hydroxylation is 1. The minimum absolute atomic E-state index is 0.0184. The van der Waals surface area contributed by atoms with Gasteiger partial charge >= 0.3 is 0 Å². The van der Waals surface area contributed by atoms with Crippen molar-refractivity contribution >= 4 is 29.0 Å². The fraction of sp³-hybridized carbons (Fsp3) is 0.500. The molecule has 2 heterocycles. The van der Waals surface area contributed by atoms with Gasteiger partial charge in [0, 0.05) is 19.5 Å². The van der Waals surface area contributed by atoms with Crippen LogP contribution >= 0.6 is 23.1 Å². The first-order valence-corrected chi connectivity index (χ1v) is 7.83. The fourth-order valence-electron chi connectivity index (χ4n) is 1.57. The molecule has 0 aliphatic carbocycles. The van der Waals surface area contributed by atoms with Crippen molar-refractivity contribution in [3.8, 4) is 0 Å². The van der Waals surface area contributed by atoms with Crippen LogP contribution in [0, 0.1) is 6.92 Å². The zero-order valence-electron chi connectivity index (χ0n) is 11.8. The SMILES string of the molecule is Cc1nc(Cc2nnc(S[C@H](C)C(=O)N(C)C)o2)cs1. The van der Waals surface area contributed by atoms with Crippen LogP contribution in [0.15, 0.2) is 15.0 Å². The Hall–Kier alpha value is -1.41. The maximum absolute atomic E-state index is 11.8. The summed E-state index contributed by atoms with van der Waals surface area (Å²) in [6.45, 7) is 3.78. The van der Waals surface area contributed by atoms with Gasteiger partial charge in [-0.15, -0.1) is 21.5 Å². The molecule has 0 saturated heterocycles. The van der Waals surface area contributed by atoms with Gasteiger partial charge in [-0.2, -0.15) is 0 Å². The molecule has 0 fully saturated rings. The first-order chi connectivity index (χ1) is 9.45. The number of carbonyl (C=O) groups is 1. The standard InChI is InChI=1S/C12H16N4O2S2/c1-7(11(17)16(3)4)20-12-15-14-10(18-12)5-9-6-19-8(2)13-9/h6-7H,5H2,1-4H3/t7-/m1/s1. The molecule has 6 nitrogen and oxygen atoms in total. The molecule has 2 rings (SSSR count). The van der Waals surface area contributed by atoms with Crippen LogP contribution in [-0.2, 0) is 11.2 Å². The van der Waals surface area contributed by atoms with Gasteiger partial charge in [-0.05, 0) is 13.8 Å². The molecule has 0 aromatic carbocycles. The molecule has 0 unspecified atom stereocenters. The molecule has 0 aliphatic rings. The predicted molar refractivity (Wildman–Crippen MR) is 78.0 cm³/mol. The highest BCUT2D eigenvalue weighted by Gasteiger charge is 2.19. The van der Waals surface area contributed by atoms with Crippen molar-refractivity contribution in [2.45, 2.75) is 30.7 Å². The van der Waals surface area contributed by atoms with Gasteiger partial charge in [-0.1, -0.05) is 11.8 Å². The quantitative estimate of drug-likeness (QED) is 0.786. The normalized spacial score (nSPS) is 12.4. The highest BCUT2D eigenvalue weighted by Crippen LogP contribution is 2.23. The van der Waals surface area contributed by atoms with Crippen molar-refractivity contribution in [2.75, 3.05) is 14.1 Å². The van der Waals surface area contributed by atoms with E-state index in [1.54, 1.807) is 30.3 Å². The van der Waals surface area contributed by atoms with Crippen molar-refractivity contribution in [3.05, 3.63) is 22.0 Å². The van der Waals surface area contributed by atoms with Crippen LogP contribution in [0.25, 0.3) is 0 Å². The molecule has 0 spiro atoms. The van der Waals surface area contributed by atoms with Crippen molar-refractivity contribution in [1.29, 1.82) is 0 Å². The van der Waals surface area contributed by atoms with E-state index in [1.165, 1.54) is 11.8 Å². The number of carbonyl (C=O) groups excluding carboxylic acids is 1. The summed E-state index contributed by atoms with van der Waals surface area (Å²) in [6.07, 6.45) is 0.522. The molecule has 0 saturated carbocycles. The Morgan fingerprint density at radius 3 is 2.85 bits per heavy atom. The zero-order chi connectivity index (χ0) is 14.7. The number of nitrogens with zero attached hydrogens (tertiary/aromatic N) is 4. The number of hydrogen-bond donors (Lipinski definition) is 0. The van der Waals surface area contributed by atoms with Crippen LogP contribution in [-0.4, -0.2) is 45.3 Å². The summed E-state index contributed by atoms with van der Waals surface area (Å²) < 4.78 is 5.53. The molecule has 0 bridgehead atoms. The lowest BCUT2D eigenvalue weighted by atomic mass is 10.3. The highest BCUT2D eigenvalue weighted by atomic mass is 32.2. The first-order valence-electron chi connectivity index (χ1n) is 6.07. The number of hydrogen-bond acceptors (Lipinski definition) is 7. The average Bonchev–Trinajstić information content (AvgIpc) is 2.98. The highest BCUT2D eigenvalue weighted by molar-refractivity contribution is 8.00. The number of amides is 1. The third-order valence-corrected chi connectivity index (χ3v) is 4.26. The monoisotopic (exact) mass is 312 g/mol. The van der Waals surface area contributed by atoms with Crippen LogP contribution in [0.3, 0.4) is 0 Å². The second kappa shape index (κ2) is 6.36. The molecule has 1 amide bonds. The van der Waals surface area contributed by atoms with Gasteiger partial charge in [0.1, 0.15) is 0 Å². The summed E-state index contributed by atoms with van der Waals surface area (Å²) in [5.74, 6) is 0.534. The van der Waals surface area contributed by atoms with Crippen LogP contribution < -0.4 is 0 Å². The summed E-state index contributed by atoms with van der Waals surface area (Å²) >= 11 is 2.86. The molecule has 2 aromatic rings. The molecular formula is C12H16N4O2S2. The van der Waals surface area contributed by atoms with E-state index in [0.29, 0.717) is 17.5 Å². The van der Waals surface area contributed by atoms with Crippen molar-refractivity contribution < 1.29 is 9.21 Å². The van der Waals surface area contributed by atoms with Gasteiger partial charge < -0.3 is 9.32 Å². The van der Waals surface area contributed by atoms with Gasteiger partial charge in [0.05, 0.1) is 22.4 Å². The first kappa shape index (κ1) is 15.0. The molecule has 108 valence electrons. The van der Waals surface area contributed by atoms with Gasteiger partial charge in [0.25, 0.3) is 5.22 Å². The second-order valence-corrected chi connectivity index (χ2v) is 6.84. The Kier molecular flexibility index (Phi) is 4.77. The lowest BCUT2D eigenvalue weighted by molar-refractivity contribution is -0.127. The molecular weight excluding hydrogens is 296 g/mol. The van der Waals surface area contributed by atoms with Crippen LogP contribution in [0.2, 0.25) is 0 Å². The molecule has 0 aliphatic heterocycles. The van der Waals surface area contributed by atoms with Gasteiger partial charge in [-0.25, -0.2) is 4.98 Å². The third kappa shape index (κ3) is 3.80. The van der Waals surface area contributed by atoms with E-state index >= 15 is 0 Å². The number of aromatic nitrogens is 3. The lowest BCUT2D eigenvalue weighted by Gasteiger charge is -2.14. The molecule has 20 heavy (non-hydrogen) atoms. The Labute approximate surface area is 125 Å². The topological polar surface area (TPSA) is 72.1 Å². The Morgan fingerprint density at radius 1 is 1.50 bits per heavy atom. The van der Waals surface area contributed by atoms with Gasteiger partial charge in [-0.3, -0.25) is 4.79 Å². The Morgan fingerprint density at radius 2 is 2.25 bits per heavy atom. The van der Waals surface area contributed by atoms with Gasteiger partial charge in [0.2, 0.25) is 11.8 Å².